The number of allylic oxidation sites excluding steroid dienone is 10. The molecule has 2 aliphatic rings. The van der Waals surface area contributed by atoms with Crippen molar-refractivity contribution in [1.82, 2.24) is 0 Å². The third-order valence-electron chi connectivity index (χ3n) is 5.24. The van der Waals surface area contributed by atoms with Crippen LogP contribution in [-0.2, 0) is 4.79 Å². The van der Waals surface area contributed by atoms with Crippen molar-refractivity contribution in [3.8, 4) is 0 Å². The molecular weight excluding hydrogens is 390 g/mol. The molecule has 0 saturated carbocycles. The van der Waals surface area contributed by atoms with E-state index in [-0.39, 0.29) is 0 Å². The average molecular weight is 412 g/mol. The van der Waals surface area contributed by atoms with Gasteiger partial charge in [-0.25, -0.2) is 0 Å². The lowest BCUT2D eigenvalue weighted by Gasteiger charge is -2.15. The maximum atomic E-state index is 12.1. The smallest absolute Gasteiger partial charge is 0.249 e. The molecule has 0 bridgehead atoms. The van der Waals surface area contributed by atoms with Crippen LogP contribution in [0.3, 0.4) is 0 Å². The van der Waals surface area contributed by atoms with Gasteiger partial charge in [-0.2, -0.15) is 0 Å². The van der Waals surface area contributed by atoms with Crippen LogP contribution in [0.25, 0.3) is 22.8 Å². The maximum absolute atomic E-state index is 12.1. The molecule has 0 spiro atoms. The van der Waals surface area contributed by atoms with E-state index in [0.717, 1.165) is 33.4 Å². The van der Waals surface area contributed by atoms with Gasteiger partial charge in [-0.3, -0.25) is 4.79 Å². The molecule has 148 valence electrons. The van der Waals surface area contributed by atoms with Crippen LogP contribution in [0.15, 0.2) is 91.1 Å². The van der Waals surface area contributed by atoms with Gasteiger partial charge in [0, 0.05) is 16.5 Å². The highest BCUT2D eigenvalue weighted by molar-refractivity contribution is 6.30. The fourth-order valence-electron chi connectivity index (χ4n) is 3.50. The first kappa shape index (κ1) is 19.9. The van der Waals surface area contributed by atoms with Gasteiger partial charge in [0.05, 0.1) is 0 Å². The Bertz CT molecular complexity index is 1190. The van der Waals surface area contributed by atoms with Gasteiger partial charge >= 0.3 is 0 Å². The summed E-state index contributed by atoms with van der Waals surface area (Å²) in [7, 11) is 0. The summed E-state index contributed by atoms with van der Waals surface area (Å²) >= 11 is 6.24. The van der Waals surface area contributed by atoms with Gasteiger partial charge in [0.2, 0.25) is 5.91 Å². The molecule has 2 N–H and O–H groups in total. The predicted octanol–water partition coefficient (Wildman–Crippen LogP) is 6.46. The van der Waals surface area contributed by atoms with Crippen molar-refractivity contribution >= 4 is 40.3 Å². The number of primary amides is 1. The molecule has 3 heteroatoms. The summed E-state index contributed by atoms with van der Waals surface area (Å²) in [6, 6.07) is 14.0. The third-order valence-corrected chi connectivity index (χ3v) is 5.48. The number of rotatable bonds is 5. The fraction of sp³-hybridized carbons (Fsp3) is 0.0741. The quantitative estimate of drug-likeness (QED) is 0.342. The second kappa shape index (κ2) is 8.56. The molecule has 2 aromatic rings. The normalized spacial score (nSPS) is 19.9. The van der Waals surface area contributed by atoms with E-state index >= 15 is 0 Å². The summed E-state index contributed by atoms with van der Waals surface area (Å²) in [5, 5.41) is 0.702. The van der Waals surface area contributed by atoms with Gasteiger partial charge in [0.1, 0.15) is 0 Å². The van der Waals surface area contributed by atoms with Crippen molar-refractivity contribution in [3.05, 3.63) is 118 Å². The Morgan fingerprint density at radius 2 is 1.87 bits per heavy atom. The first-order chi connectivity index (χ1) is 14.5. The Morgan fingerprint density at radius 1 is 1.03 bits per heavy atom. The molecule has 2 aliphatic carbocycles. The van der Waals surface area contributed by atoms with Crippen molar-refractivity contribution in [1.29, 1.82) is 0 Å². The van der Waals surface area contributed by atoms with E-state index in [1.807, 2.05) is 54.6 Å². The van der Waals surface area contributed by atoms with Crippen LogP contribution in [0.2, 0.25) is 5.02 Å². The van der Waals surface area contributed by atoms with E-state index in [2.05, 4.69) is 43.4 Å². The Kier molecular flexibility index (Phi) is 5.69. The second-order valence-corrected chi connectivity index (χ2v) is 7.80. The first-order valence-corrected chi connectivity index (χ1v) is 10.2. The molecule has 2 aromatic carbocycles. The van der Waals surface area contributed by atoms with Crippen LogP contribution in [0.1, 0.15) is 29.2 Å². The largest absolute Gasteiger partial charge is 0.366 e. The van der Waals surface area contributed by atoms with Crippen molar-refractivity contribution in [3.63, 3.8) is 0 Å². The van der Waals surface area contributed by atoms with E-state index < -0.39 is 5.91 Å². The van der Waals surface area contributed by atoms with Crippen LogP contribution in [0.5, 0.6) is 0 Å². The lowest BCUT2D eigenvalue weighted by molar-refractivity contribution is -0.112. The van der Waals surface area contributed by atoms with Crippen molar-refractivity contribution in [2.45, 2.75) is 6.92 Å². The van der Waals surface area contributed by atoms with E-state index in [1.165, 1.54) is 0 Å². The number of hydrogen-bond donors (Lipinski definition) is 1. The summed E-state index contributed by atoms with van der Waals surface area (Å²) in [5.41, 5.74) is 12.3. The number of benzene rings is 2. The van der Waals surface area contributed by atoms with Gasteiger partial charge in [0.15, 0.2) is 0 Å². The fourth-order valence-corrected chi connectivity index (χ4v) is 3.69. The summed E-state index contributed by atoms with van der Waals surface area (Å²) in [6.45, 7) is 2.09. The number of halogens is 1. The molecule has 0 unspecified atom stereocenters. The van der Waals surface area contributed by atoms with Crippen molar-refractivity contribution < 1.29 is 4.79 Å². The van der Waals surface area contributed by atoms with Crippen LogP contribution in [-0.4, -0.2) is 5.91 Å². The van der Waals surface area contributed by atoms with Crippen molar-refractivity contribution in [2.24, 2.45) is 11.7 Å². The standard InChI is InChI=1S/C27H22ClNO/c1-18(21-7-5-8-23(28)16-21)24(15-12-19-10-11-19)22-14-13-20-6-3-2-4-9-25(27(29)30)26(20)17-22/h2-17,19H,1H3,(H2,29,30)/b3-2?,4-2+,6-3+,9-4?,15-12-,20-6?,24-18-,25-9+,26-25?. The second-order valence-electron chi connectivity index (χ2n) is 7.36. The molecular formula is C27H22ClNO. The molecule has 0 heterocycles. The number of nitrogens with two attached hydrogens (primary N) is 1. The van der Waals surface area contributed by atoms with Crippen LogP contribution in [0.4, 0.5) is 0 Å². The maximum Gasteiger partial charge on any atom is 0.249 e. The number of carbonyl (C=O) groups excluding carboxylic acids is 1. The molecule has 0 aromatic heterocycles. The topological polar surface area (TPSA) is 43.1 Å². The summed E-state index contributed by atoms with van der Waals surface area (Å²) in [4.78, 5) is 12.1. The van der Waals surface area contributed by atoms with E-state index in [0.29, 0.717) is 16.5 Å². The summed E-state index contributed by atoms with van der Waals surface area (Å²) in [6.07, 6.45) is 18.1. The SMILES string of the molecule is C/C(=C(\C=C/C1C=C1)c1ccc2c(c1)\C(C(N)=O)=C/C=C/C=C/2)c1cccc(Cl)c1. The Hall–Kier alpha value is -3.36. The zero-order chi connectivity index (χ0) is 21.1. The Morgan fingerprint density at radius 3 is 2.60 bits per heavy atom. The van der Waals surface area contributed by atoms with Gasteiger partial charge < -0.3 is 5.73 Å². The van der Waals surface area contributed by atoms with Gasteiger partial charge in [-0.05, 0) is 64.6 Å². The highest BCUT2D eigenvalue weighted by Crippen LogP contribution is 2.33. The molecule has 1 amide bonds. The molecule has 4 rings (SSSR count). The number of fused-ring (bicyclic) bond motifs is 1. The van der Waals surface area contributed by atoms with Gasteiger partial charge in [-0.1, -0.05) is 84.5 Å². The molecule has 0 radical (unpaired) electrons. The van der Waals surface area contributed by atoms with Gasteiger partial charge in [-0.15, -0.1) is 0 Å². The third kappa shape index (κ3) is 4.45. The number of carbonyl (C=O) groups is 1. The van der Waals surface area contributed by atoms with Gasteiger partial charge in [0.25, 0.3) is 0 Å². The first-order valence-electron chi connectivity index (χ1n) is 9.86. The minimum atomic E-state index is -0.442. The van der Waals surface area contributed by atoms with E-state index in [9.17, 15) is 4.79 Å². The van der Waals surface area contributed by atoms with E-state index in [4.69, 9.17) is 17.3 Å². The van der Waals surface area contributed by atoms with Crippen molar-refractivity contribution in [2.75, 3.05) is 0 Å². The highest BCUT2D eigenvalue weighted by Gasteiger charge is 2.15. The molecule has 2 nitrogen and oxygen atoms in total. The zero-order valence-corrected chi connectivity index (χ0v) is 17.4. The minimum absolute atomic E-state index is 0.408. The Labute approximate surface area is 182 Å². The lowest BCUT2D eigenvalue weighted by atomic mass is 9.89. The number of amides is 1. The van der Waals surface area contributed by atoms with E-state index in [1.54, 1.807) is 6.08 Å². The molecule has 0 aliphatic heterocycles. The minimum Gasteiger partial charge on any atom is -0.366 e. The summed E-state index contributed by atoms with van der Waals surface area (Å²) < 4.78 is 0. The zero-order valence-electron chi connectivity index (χ0n) is 16.7. The monoisotopic (exact) mass is 411 g/mol. The highest BCUT2D eigenvalue weighted by atomic mass is 35.5. The molecule has 0 atom stereocenters. The molecule has 30 heavy (non-hydrogen) atoms. The molecule has 0 fully saturated rings. The predicted molar refractivity (Wildman–Crippen MR) is 127 cm³/mol. The van der Waals surface area contributed by atoms with Crippen LogP contribution < -0.4 is 5.73 Å². The average Bonchev–Trinajstić information content (AvgIpc) is 3.53. The summed E-state index contributed by atoms with van der Waals surface area (Å²) in [5.74, 6) is -0.0335. The molecule has 0 saturated heterocycles. The number of hydrogen-bond acceptors (Lipinski definition) is 1. The Balaban J connectivity index is 1.88. The van der Waals surface area contributed by atoms with Crippen LogP contribution in [0, 0.1) is 5.92 Å². The lowest BCUT2D eigenvalue weighted by Crippen LogP contribution is -2.14. The van der Waals surface area contributed by atoms with Crippen LogP contribution >= 0.6 is 11.6 Å².